The van der Waals surface area contributed by atoms with E-state index in [4.69, 9.17) is 11.6 Å². The lowest BCUT2D eigenvalue weighted by Gasteiger charge is -2.38. The first kappa shape index (κ1) is 16.7. The van der Waals surface area contributed by atoms with Crippen molar-refractivity contribution in [1.82, 2.24) is 15.1 Å². The van der Waals surface area contributed by atoms with Crippen LogP contribution in [0.5, 0.6) is 0 Å². The summed E-state index contributed by atoms with van der Waals surface area (Å²) in [5, 5.41) is 3.60. The van der Waals surface area contributed by atoms with Crippen molar-refractivity contribution >= 4 is 17.5 Å². The van der Waals surface area contributed by atoms with E-state index >= 15 is 0 Å². The van der Waals surface area contributed by atoms with Gasteiger partial charge in [0.05, 0.1) is 10.6 Å². The second kappa shape index (κ2) is 6.75. The second-order valence-corrected chi connectivity index (χ2v) is 7.31. The molecule has 3 rings (SSSR count). The van der Waals surface area contributed by atoms with Gasteiger partial charge in [0.2, 0.25) is 0 Å². The Bertz CT molecular complexity index is 561. The van der Waals surface area contributed by atoms with Gasteiger partial charge in [-0.1, -0.05) is 24.6 Å². The molecule has 2 aliphatic heterocycles. The summed E-state index contributed by atoms with van der Waals surface area (Å²) in [6.45, 7) is 8.38. The quantitative estimate of drug-likeness (QED) is 0.917. The lowest BCUT2D eigenvalue weighted by Crippen LogP contribution is -2.51. The molecule has 1 atom stereocenters. The van der Waals surface area contributed by atoms with E-state index < -0.39 is 5.82 Å². The highest BCUT2D eigenvalue weighted by Crippen LogP contribution is 2.27. The van der Waals surface area contributed by atoms with Gasteiger partial charge in [0.25, 0.3) is 5.91 Å². The van der Waals surface area contributed by atoms with Gasteiger partial charge in [0.15, 0.2) is 0 Å². The molecular formula is C17H23ClFN3O. The van der Waals surface area contributed by atoms with Crippen molar-refractivity contribution in [2.75, 3.05) is 45.8 Å². The summed E-state index contributed by atoms with van der Waals surface area (Å²) in [5.74, 6) is -0.851. The zero-order valence-corrected chi connectivity index (χ0v) is 14.2. The van der Waals surface area contributed by atoms with Crippen LogP contribution in [0.3, 0.4) is 0 Å². The molecule has 1 unspecified atom stereocenters. The number of rotatable bonds is 3. The van der Waals surface area contributed by atoms with Crippen LogP contribution in [0.15, 0.2) is 18.2 Å². The predicted molar refractivity (Wildman–Crippen MR) is 89.3 cm³/mol. The van der Waals surface area contributed by atoms with Crippen LogP contribution in [0.2, 0.25) is 5.02 Å². The van der Waals surface area contributed by atoms with E-state index in [9.17, 15) is 9.18 Å². The number of hydrogen-bond donors (Lipinski definition) is 1. The van der Waals surface area contributed by atoms with Crippen LogP contribution in [0, 0.1) is 11.2 Å². The van der Waals surface area contributed by atoms with Crippen molar-refractivity contribution in [1.29, 1.82) is 0 Å². The zero-order valence-electron chi connectivity index (χ0n) is 13.4. The van der Waals surface area contributed by atoms with Gasteiger partial charge in [0, 0.05) is 39.3 Å². The van der Waals surface area contributed by atoms with Gasteiger partial charge in [-0.3, -0.25) is 9.69 Å². The largest absolute Gasteiger partial charge is 0.336 e. The molecule has 2 heterocycles. The Balaban J connectivity index is 1.59. The fourth-order valence-corrected chi connectivity index (χ4v) is 3.76. The summed E-state index contributed by atoms with van der Waals surface area (Å²) in [4.78, 5) is 16.6. The topological polar surface area (TPSA) is 35.6 Å². The van der Waals surface area contributed by atoms with E-state index in [0.29, 0.717) is 18.5 Å². The van der Waals surface area contributed by atoms with Crippen molar-refractivity contribution in [3.63, 3.8) is 0 Å². The Morgan fingerprint density at radius 3 is 2.70 bits per heavy atom. The second-order valence-electron chi connectivity index (χ2n) is 6.90. The molecule has 0 radical (unpaired) electrons. The van der Waals surface area contributed by atoms with Crippen LogP contribution < -0.4 is 5.32 Å². The van der Waals surface area contributed by atoms with Crippen molar-refractivity contribution < 1.29 is 9.18 Å². The number of amides is 1. The van der Waals surface area contributed by atoms with Gasteiger partial charge >= 0.3 is 0 Å². The molecular weight excluding hydrogens is 317 g/mol. The smallest absolute Gasteiger partial charge is 0.258 e. The molecule has 0 saturated carbocycles. The minimum Gasteiger partial charge on any atom is -0.336 e. The third kappa shape index (κ3) is 3.67. The van der Waals surface area contributed by atoms with Crippen molar-refractivity contribution in [2.45, 2.75) is 13.3 Å². The molecule has 0 aromatic heterocycles. The predicted octanol–water partition coefficient (Wildman–Crippen LogP) is 2.24. The lowest BCUT2D eigenvalue weighted by atomic mass is 9.89. The fraction of sp³-hybridized carbons (Fsp3) is 0.588. The summed E-state index contributed by atoms with van der Waals surface area (Å²) >= 11 is 6.00. The standard InChI is InChI=1S/C17H23ClFN3O/c1-17(5-6-20-11-17)12-21-7-9-22(10-8-21)16(23)15-13(18)3-2-4-14(15)19/h2-4,20H,5-12H2,1H3. The number of carbonyl (C=O) groups is 1. The molecule has 2 saturated heterocycles. The highest BCUT2D eigenvalue weighted by molar-refractivity contribution is 6.33. The Morgan fingerprint density at radius 1 is 1.35 bits per heavy atom. The molecule has 1 aromatic carbocycles. The highest BCUT2D eigenvalue weighted by atomic mass is 35.5. The Labute approximate surface area is 141 Å². The van der Waals surface area contributed by atoms with Gasteiger partial charge in [0.1, 0.15) is 5.82 Å². The van der Waals surface area contributed by atoms with Crippen LogP contribution in [0.1, 0.15) is 23.7 Å². The SMILES string of the molecule is CC1(CN2CCN(C(=O)c3c(F)cccc3Cl)CC2)CCNC1. The number of halogens is 2. The maximum absolute atomic E-state index is 13.9. The molecule has 1 amide bonds. The van der Waals surface area contributed by atoms with Crippen molar-refractivity contribution in [2.24, 2.45) is 5.41 Å². The first-order valence-electron chi connectivity index (χ1n) is 8.15. The maximum Gasteiger partial charge on any atom is 0.258 e. The maximum atomic E-state index is 13.9. The summed E-state index contributed by atoms with van der Waals surface area (Å²) in [6, 6.07) is 4.36. The molecule has 6 heteroatoms. The number of piperazine rings is 1. The molecule has 1 aromatic rings. The molecule has 23 heavy (non-hydrogen) atoms. The lowest BCUT2D eigenvalue weighted by molar-refractivity contribution is 0.0577. The molecule has 0 aliphatic carbocycles. The summed E-state index contributed by atoms with van der Waals surface area (Å²) < 4.78 is 13.9. The minimum absolute atomic E-state index is 0.00503. The van der Waals surface area contributed by atoms with Gasteiger partial charge in [-0.15, -0.1) is 0 Å². The average Bonchev–Trinajstić information content (AvgIpc) is 2.94. The number of hydrogen-bond acceptors (Lipinski definition) is 3. The van der Waals surface area contributed by atoms with E-state index in [2.05, 4.69) is 17.1 Å². The molecule has 0 bridgehead atoms. The van der Waals surface area contributed by atoms with Crippen LogP contribution in [0.25, 0.3) is 0 Å². The normalized spacial score (nSPS) is 25.8. The van der Waals surface area contributed by atoms with Gasteiger partial charge in [-0.2, -0.15) is 0 Å². The Hall–Kier alpha value is -1.17. The van der Waals surface area contributed by atoms with Gasteiger partial charge < -0.3 is 10.2 Å². The summed E-state index contributed by atoms with van der Waals surface area (Å²) in [7, 11) is 0. The van der Waals surface area contributed by atoms with Crippen molar-refractivity contribution in [3.05, 3.63) is 34.6 Å². The molecule has 4 nitrogen and oxygen atoms in total. The fourth-order valence-electron chi connectivity index (χ4n) is 3.51. The van der Waals surface area contributed by atoms with Gasteiger partial charge in [-0.25, -0.2) is 4.39 Å². The van der Waals surface area contributed by atoms with E-state index in [1.165, 1.54) is 18.6 Å². The zero-order chi connectivity index (χ0) is 16.4. The molecule has 126 valence electrons. The van der Waals surface area contributed by atoms with Gasteiger partial charge in [-0.05, 0) is 30.5 Å². The minimum atomic E-state index is -0.547. The average molecular weight is 340 g/mol. The third-order valence-corrected chi connectivity index (χ3v) is 5.21. The van der Waals surface area contributed by atoms with E-state index in [1.54, 1.807) is 11.0 Å². The van der Waals surface area contributed by atoms with Crippen LogP contribution in [-0.4, -0.2) is 61.5 Å². The van der Waals surface area contributed by atoms with E-state index in [-0.39, 0.29) is 16.5 Å². The molecule has 0 spiro atoms. The molecule has 1 N–H and O–H groups in total. The van der Waals surface area contributed by atoms with Crippen molar-refractivity contribution in [3.8, 4) is 0 Å². The number of nitrogens with zero attached hydrogens (tertiary/aromatic N) is 2. The Morgan fingerprint density at radius 2 is 2.09 bits per heavy atom. The molecule has 2 fully saturated rings. The van der Waals surface area contributed by atoms with Crippen LogP contribution in [-0.2, 0) is 0 Å². The van der Waals surface area contributed by atoms with E-state index in [1.807, 2.05) is 0 Å². The van der Waals surface area contributed by atoms with E-state index in [0.717, 1.165) is 32.7 Å². The first-order valence-corrected chi connectivity index (χ1v) is 8.53. The summed E-state index contributed by atoms with van der Waals surface area (Å²) in [5.41, 5.74) is 0.315. The third-order valence-electron chi connectivity index (χ3n) is 4.90. The first-order chi connectivity index (χ1) is 11.0. The molecule has 2 aliphatic rings. The number of benzene rings is 1. The van der Waals surface area contributed by atoms with Crippen LogP contribution in [0.4, 0.5) is 4.39 Å². The Kier molecular flexibility index (Phi) is 4.90. The highest BCUT2D eigenvalue weighted by Gasteiger charge is 2.33. The monoisotopic (exact) mass is 339 g/mol. The van der Waals surface area contributed by atoms with Crippen LogP contribution >= 0.6 is 11.6 Å². The number of nitrogens with one attached hydrogen (secondary N) is 1. The number of carbonyl (C=O) groups excluding carboxylic acids is 1. The summed E-state index contributed by atoms with van der Waals surface area (Å²) in [6.07, 6.45) is 1.19.